The zero-order chi connectivity index (χ0) is 8.06. The van der Waals surface area contributed by atoms with Gasteiger partial charge in [-0.15, -0.1) is 0 Å². The van der Waals surface area contributed by atoms with Crippen LogP contribution in [-0.2, 0) is 4.74 Å². The Hall–Kier alpha value is -0.0800. The Bertz CT molecular complexity index is 161. The van der Waals surface area contributed by atoms with E-state index in [1.54, 1.807) is 0 Å². The van der Waals surface area contributed by atoms with E-state index in [0.29, 0.717) is 11.5 Å². The SMILES string of the molecule is CC1(C)[C@@H](N)[C@@H]1C1CCOC1. The first-order chi connectivity index (χ1) is 5.14. The highest BCUT2D eigenvalue weighted by Gasteiger charge is 2.58. The maximum Gasteiger partial charge on any atom is 0.0498 e. The van der Waals surface area contributed by atoms with Crippen LogP contribution in [0, 0.1) is 17.3 Å². The van der Waals surface area contributed by atoms with E-state index in [1.165, 1.54) is 6.42 Å². The third kappa shape index (κ3) is 1.00. The molecule has 2 aliphatic rings. The summed E-state index contributed by atoms with van der Waals surface area (Å²) in [5.41, 5.74) is 6.36. The van der Waals surface area contributed by atoms with E-state index < -0.39 is 0 Å². The average Bonchev–Trinajstić information content (AvgIpc) is 2.40. The number of hydrogen-bond acceptors (Lipinski definition) is 2. The molecule has 1 aliphatic heterocycles. The first kappa shape index (κ1) is 7.56. The Morgan fingerprint density at radius 1 is 1.45 bits per heavy atom. The summed E-state index contributed by atoms with van der Waals surface area (Å²) in [7, 11) is 0. The quantitative estimate of drug-likeness (QED) is 0.613. The highest BCUT2D eigenvalue weighted by atomic mass is 16.5. The summed E-state index contributed by atoms with van der Waals surface area (Å²) in [6, 6.07) is 0.425. The Morgan fingerprint density at radius 2 is 2.09 bits per heavy atom. The van der Waals surface area contributed by atoms with Crippen LogP contribution in [0.5, 0.6) is 0 Å². The third-order valence-electron chi connectivity index (χ3n) is 3.47. The largest absolute Gasteiger partial charge is 0.381 e. The summed E-state index contributed by atoms with van der Waals surface area (Å²) in [5, 5.41) is 0. The Labute approximate surface area is 68.1 Å². The molecule has 2 nitrogen and oxygen atoms in total. The van der Waals surface area contributed by atoms with E-state index in [-0.39, 0.29) is 0 Å². The molecule has 2 N–H and O–H groups in total. The number of rotatable bonds is 1. The normalized spacial score (nSPS) is 47.7. The summed E-state index contributed by atoms with van der Waals surface area (Å²) in [6.07, 6.45) is 1.22. The molecule has 11 heavy (non-hydrogen) atoms. The van der Waals surface area contributed by atoms with Crippen molar-refractivity contribution in [2.45, 2.75) is 26.3 Å². The van der Waals surface area contributed by atoms with Gasteiger partial charge in [0.05, 0.1) is 0 Å². The summed E-state index contributed by atoms with van der Waals surface area (Å²) in [5.74, 6) is 1.48. The van der Waals surface area contributed by atoms with Crippen molar-refractivity contribution in [2.24, 2.45) is 23.0 Å². The van der Waals surface area contributed by atoms with E-state index in [4.69, 9.17) is 10.5 Å². The van der Waals surface area contributed by atoms with Crippen molar-refractivity contribution in [1.82, 2.24) is 0 Å². The molecule has 2 rings (SSSR count). The second-order valence-electron chi connectivity index (χ2n) is 4.50. The van der Waals surface area contributed by atoms with E-state index >= 15 is 0 Å². The van der Waals surface area contributed by atoms with E-state index in [9.17, 15) is 0 Å². The van der Waals surface area contributed by atoms with Gasteiger partial charge in [0.2, 0.25) is 0 Å². The highest BCUT2D eigenvalue weighted by Crippen LogP contribution is 2.56. The monoisotopic (exact) mass is 155 g/mol. The van der Waals surface area contributed by atoms with Crippen molar-refractivity contribution in [1.29, 1.82) is 0 Å². The zero-order valence-electron chi connectivity index (χ0n) is 7.34. The van der Waals surface area contributed by atoms with Crippen LogP contribution in [0.25, 0.3) is 0 Å². The van der Waals surface area contributed by atoms with Gasteiger partial charge in [-0.25, -0.2) is 0 Å². The van der Waals surface area contributed by atoms with Crippen LogP contribution in [0.15, 0.2) is 0 Å². The second kappa shape index (κ2) is 2.20. The molecule has 1 unspecified atom stereocenters. The Balaban J connectivity index is 1.98. The molecule has 2 heteroatoms. The fraction of sp³-hybridized carbons (Fsp3) is 1.00. The minimum atomic E-state index is 0.387. The van der Waals surface area contributed by atoms with Crippen LogP contribution in [0.2, 0.25) is 0 Å². The van der Waals surface area contributed by atoms with Gasteiger partial charge < -0.3 is 10.5 Å². The maximum absolute atomic E-state index is 5.97. The van der Waals surface area contributed by atoms with Gasteiger partial charge >= 0.3 is 0 Å². The molecule has 0 radical (unpaired) electrons. The van der Waals surface area contributed by atoms with Gasteiger partial charge in [0.15, 0.2) is 0 Å². The topological polar surface area (TPSA) is 35.2 Å². The second-order valence-corrected chi connectivity index (χ2v) is 4.50. The molecular weight excluding hydrogens is 138 g/mol. The van der Waals surface area contributed by atoms with Crippen LogP contribution in [-0.4, -0.2) is 19.3 Å². The standard InChI is InChI=1S/C9H17NO/c1-9(2)7(8(9)10)6-3-4-11-5-6/h6-8H,3-5,10H2,1-2H3/t6?,7-,8-/m0/s1. The van der Waals surface area contributed by atoms with Crippen molar-refractivity contribution in [3.8, 4) is 0 Å². The molecule has 0 aromatic carbocycles. The lowest BCUT2D eigenvalue weighted by atomic mass is 9.97. The maximum atomic E-state index is 5.97. The zero-order valence-corrected chi connectivity index (χ0v) is 7.34. The fourth-order valence-electron chi connectivity index (χ4n) is 2.45. The summed E-state index contributed by atoms with van der Waals surface area (Å²) >= 11 is 0. The molecule has 0 aromatic rings. The Morgan fingerprint density at radius 3 is 2.45 bits per heavy atom. The molecule has 64 valence electrons. The molecule has 0 aromatic heterocycles. The highest BCUT2D eigenvalue weighted by molar-refractivity contribution is 5.11. The van der Waals surface area contributed by atoms with Gasteiger partial charge in [-0.3, -0.25) is 0 Å². The van der Waals surface area contributed by atoms with Gasteiger partial charge in [-0.2, -0.15) is 0 Å². The lowest BCUT2D eigenvalue weighted by Gasteiger charge is -2.07. The smallest absolute Gasteiger partial charge is 0.0498 e. The van der Waals surface area contributed by atoms with Gasteiger partial charge in [-0.05, 0) is 23.7 Å². The lowest BCUT2D eigenvalue weighted by Crippen LogP contribution is -2.10. The minimum absolute atomic E-state index is 0.387. The molecular formula is C9H17NO. The van der Waals surface area contributed by atoms with Crippen molar-refractivity contribution < 1.29 is 4.74 Å². The first-order valence-corrected chi connectivity index (χ1v) is 4.47. The van der Waals surface area contributed by atoms with Gasteiger partial charge in [-0.1, -0.05) is 13.8 Å². The van der Waals surface area contributed by atoms with Crippen LogP contribution >= 0.6 is 0 Å². The van der Waals surface area contributed by atoms with Gasteiger partial charge in [0.1, 0.15) is 0 Å². The number of hydrogen-bond donors (Lipinski definition) is 1. The molecule has 0 spiro atoms. The summed E-state index contributed by atoms with van der Waals surface area (Å²) < 4.78 is 5.34. The van der Waals surface area contributed by atoms with Crippen LogP contribution in [0.4, 0.5) is 0 Å². The fourth-order valence-corrected chi connectivity index (χ4v) is 2.45. The predicted molar refractivity (Wildman–Crippen MR) is 44.2 cm³/mol. The van der Waals surface area contributed by atoms with Crippen molar-refractivity contribution in [3.63, 3.8) is 0 Å². The molecule has 0 amide bonds. The van der Waals surface area contributed by atoms with Crippen molar-refractivity contribution >= 4 is 0 Å². The van der Waals surface area contributed by atoms with E-state index in [0.717, 1.165) is 25.0 Å². The predicted octanol–water partition coefficient (Wildman–Crippen LogP) is 1.01. The van der Waals surface area contributed by atoms with Crippen LogP contribution < -0.4 is 5.73 Å². The Kier molecular flexibility index (Phi) is 1.52. The molecule has 1 aliphatic carbocycles. The number of nitrogens with two attached hydrogens (primary N) is 1. The van der Waals surface area contributed by atoms with Crippen molar-refractivity contribution in [2.75, 3.05) is 13.2 Å². The van der Waals surface area contributed by atoms with Crippen molar-refractivity contribution in [3.05, 3.63) is 0 Å². The van der Waals surface area contributed by atoms with Gasteiger partial charge in [0, 0.05) is 19.3 Å². The summed E-state index contributed by atoms with van der Waals surface area (Å²) in [6.45, 7) is 6.42. The lowest BCUT2D eigenvalue weighted by molar-refractivity contribution is 0.179. The molecule has 1 saturated carbocycles. The first-order valence-electron chi connectivity index (χ1n) is 4.47. The third-order valence-corrected chi connectivity index (χ3v) is 3.47. The number of ether oxygens (including phenoxy) is 1. The van der Waals surface area contributed by atoms with Crippen LogP contribution in [0.1, 0.15) is 20.3 Å². The van der Waals surface area contributed by atoms with Crippen LogP contribution in [0.3, 0.4) is 0 Å². The molecule has 1 heterocycles. The molecule has 0 bridgehead atoms. The summed E-state index contributed by atoms with van der Waals surface area (Å²) in [4.78, 5) is 0. The molecule has 2 fully saturated rings. The van der Waals surface area contributed by atoms with E-state index in [2.05, 4.69) is 13.8 Å². The molecule has 1 saturated heterocycles. The minimum Gasteiger partial charge on any atom is -0.381 e. The average molecular weight is 155 g/mol. The molecule has 3 atom stereocenters. The van der Waals surface area contributed by atoms with E-state index in [1.807, 2.05) is 0 Å². The van der Waals surface area contributed by atoms with Gasteiger partial charge in [0.25, 0.3) is 0 Å².